The lowest BCUT2D eigenvalue weighted by Gasteiger charge is -2.35. The molecule has 1 unspecified atom stereocenters. The number of aromatic nitrogens is 1. The van der Waals surface area contributed by atoms with E-state index in [1.807, 2.05) is 0 Å². The second-order valence-electron chi connectivity index (χ2n) is 5.01. The monoisotopic (exact) mass is 234 g/mol. The number of rotatable bonds is 2. The fourth-order valence-electron chi connectivity index (χ4n) is 2.12. The number of nitrogens with one attached hydrogen (secondary N) is 1. The zero-order valence-electron chi connectivity index (χ0n) is 10.3. The number of carbonyl (C=O) groups is 1. The van der Waals surface area contributed by atoms with Crippen LogP contribution in [0.25, 0.3) is 0 Å². The second-order valence-corrected chi connectivity index (χ2v) is 5.01. The average Bonchev–Trinajstić information content (AvgIpc) is 2.29. The molecule has 1 atom stereocenters. The van der Waals surface area contributed by atoms with Gasteiger partial charge in [0.05, 0.1) is 11.2 Å². The van der Waals surface area contributed by atoms with Crippen molar-refractivity contribution in [1.82, 2.24) is 10.3 Å². The van der Waals surface area contributed by atoms with Gasteiger partial charge >= 0.3 is 0 Å². The van der Waals surface area contributed by atoms with Crippen molar-refractivity contribution in [2.75, 3.05) is 6.61 Å². The van der Waals surface area contributed by atoms with E-state index >= 15 is 0 Å². The van der Waals surface area contributed by atoms with Crippen molar-refractivity contribution in [2.24, 2.45) is 0 Å². The first-order valence-corrected chi connectivity index (χ1v) is 5.92. The maximum Gasteiger partial charge on any atom is 0.253 e. The van der Waals surface area contributed by atoms with Crippen molar-refractivity contribution in [3.8, 4) is 0 Å². The van der Waals surface area contributed by atoms with Gasteiger partial charge in [-0.05, 0) is 38.8 Å². The van der Waals surface area contributed by atoms with E-state index in [0.29, 0.717) is 12.2 Å². The van der Waals surface area contributed by atoms with Gasteiger partial charge in [-0.25, -0.2) is 0 Å². The summed E-state index contributed by atoms with van der Waals surface area (Å²) in [7, 11) is 0. The van der Waals surface area contributed by atoms with Crippen LogP contribution in [0, 0.1) is 0 Å². The minimum Gasteiger partial charge on any atom is -0.375 e. The molecule has 1 N–H and O–H groups in total. The maximum atomic E-state index is 11.9. The Bertz CT molecular complexity index is 390. The molecule has 2 heterocycles. The van der Waals surface area contributed by atoms with Crippen LogP contribution in [0.5, 0.6) is 0 Å². The summed E-state index contributed by atoms with van der Waals surface area (Å²) >= 11 is 0. The maximum absolute atomic E-state index is 11.9. The number of amides is 1. The number of hydrogen-bond acceptors (Lipinski definition) is 3. The van der Waals surface area contributed by atoms with Gasteiger partial charge in [0.25, 0.3) is 5.91 Å². The standard InChI is InChI=1S/C13H18N2O2/c1-13(2)8-11(5-7-17-13)15-12(16)10-4-3-6-14-9-10/h3-4,6,9,11H,5,7-8H2,1-2H3,(H,15,16). The quantitative estimate of drug-likeness (QED) is 0.848. The Morgan fingerprint density at radius 3 is 3.06 bits per heavy atom. The summed E-state index contributed by atoms with van der Waals surface area (Å²) in [6.07, 6.45) is 4.96. The summed E-state index contributed by atoms with van der Waals surface area (Å²) in [4.78, 5) is 15.9. The third kappa shape index (κ3) is 3.27. The average molecular weight is 234 g/mol. The second kappa shape index (κ2) is 4.84. The molecule has 1 aromatic heterocycles. The van der Waals surface area contributed by atoms with Gasteiger partial charge in [0.15, 0.2) is 0 Å². The molecule has 1 fully saturated rings. The first-order valence-electron chi connectivity index (χ1n) is 5.92. The van der Waals surface area contributed by atoms with Crippen LogP contribution >= 0.6 is 0 Å². The number of ether oxygens (including phenoxy) is 1. The Morgan fingerprint density at radius 2 is 2.41 bits per heavy atom. The minimum atomic E-state index is -0.148. The lowest BCUT2D eigenvalue weighted by Crippen LogP contribution is -2.45. The molecular weight excluding hydrogens is 216 g/mol. The van der Waals surface area contributed by atoms with E-state index in [-0.39, 0.29) is 17.6 Å². The highest BCUT2D eigenvalue weighted by molar-refractivity contribution is 5.94. The molecule has 92 valence electrons. The van der Waals surface area contributed by atoms with Gasteiger partial charge in [0.2, 0.25) is 0 Å². The van der Waals surface area contributed by atoms with Crippen LogP contribution in [0.2, 0.25) is 0 Å². The number of pyridine rings is 1. The van der Waals surface area contributed by atoms with Gasteiger partial charge in [-0.3, -0.25) is 9.78 Å². The van der Waals surface area contributed by atoms with Crippen LogP contribution in [-0.2, 0) is 4.74 Å². The SMILES string of the molecule is CC1(C)CC(NC(=O)c2cccnc2)CCO1. The molecule has 0 spiro atoms. The molecule has 2 rings (SSSR count). The van der Waals surface area contributed by atoms with Crippen LogP contribution in [0.1, 0.15) is 37.0 Å². The highest BCUT2D eigenvalue weighted by Gasteiger charge is 2.29. The van der Waals surface area contributed by atoms with E-state index in [9.17, 15) is 4.79 Å². The predicted octanol–water partition coefficient (Wildman–Crippen LogP) is 1.77. The zero-order chi connectivity index (χ0) is 12.3. The molecule has 4 nitrogen and oxygen atoms in total. The van der Waals surface area contributed by atoms with Crippen molar-refractivity contribution in [3.63, 3.8) is 0 Å². The highest BCUT2D eigenvalue weighted by atomic mass is 16.5. The molecule has 4 heteroatoms. The third-order valence-electron chi connectivity index (χ3n) is 2.96. The number of carbonyl (C=O) groups excluding carboxylic acids is 1. The van der Waals surface area contributed by atoms with Crippen molar-refractivity contribution in [3.05, 3.63) is 30.1 Å². The Balaban J connectivity index is 1.95. The third-order valence-corrected chi connectivity index (χ3v) is 2.96. The topological polar surface area (TPSA) is 51.2 Å². The molecular formula is C13H18N2O2. The first-order chi connectivity index (χ1) is 8.07. The molecule has 0 radical (unpaired) electrons. The number of hydrogen-bond donors (Lipinski definition) is 1. The van der Waals surface area contributed by atoms with Crippen molar-refractivity contribution >= 4 is 5.91 Å². The van der Waals surface area contributed by atoms with E-state index in [1.165, 1.54) is 0 Å². The van der Waals surface area contributed by atoms with E-state index in [1.54, 1.807) is 24.5 Å². The van der Waals surface area contributed by atoms with Crippen LogP contribution < -0.4 is 5.32 Å². The Kier molecular flexibility index (Phi) is 3.43. The molecule has 0 aliphatic carbocycles. The van der Waals surface area contributed by atoms with E-state index in [0.717, 1.165) is 12.8 Å². The van der Waals surface area contributed by atoms with Gasteiger partial charge in [-0.1, -0.05) is 0 Å². The van der Waals surface area contributed by atoms with Crippen LogP contribution in [-0.4, -0.2) is 29.1 Å². The zero-order valence-corrected chi connectivity index (χ0v) is 10.3. The van der Waals surface area contributed by atoms with Crippen LogP contribution in [0.3, 0.4) is 0 Å². The largest absolute Gasteiger partial charge is 0.375 e. The highest BCUT2D eigenvalue weighted by Crippen LogP contribution is 2.24. The van der Waals surface area contributed by atoms with Gasteiger partial charge in [0.1, 0.15) is 0 Å². The van der Waals surface area contributed by atoms with Crippen molar-refractivity contribution < 1.29 is 9.53 Å². The van der Waals surface area contributed by atoms with Gasteiger partial charge in [0, 0.05) is 25.0 Å². The lowest BCUT2D eigenvalue weighted by molar-refractivity contribution is -0.0615. The summed E-state index contributed by atoms with van der Waals surface area (Å²) in [6.45, 7) is 4.80. The Hall–Kier alpha value is -1.42. The molecule has 17 heavy (non-hydrogen) atoms. The van der Waals surface area contributed by atoms with E-state index < -0.39 is 0 Å². The normalized spacial score (nSPS) is 23.1. The summed E-state index contributed by atoms with van der Waals surface area (Å²) < 4.78 is 5.62. The molecule has 0 bridgehead atoms. The van der Waals surface area contributed by atoms with Gasteiger partial charge in [-0.15, -0.1) is 0 Å². The molecule has 1 aliphatic heterocycles. The summed E-state index contributed by atoms with van der Waals surface area (Å²) in [5.41, 5.74) is 0.460. The molecule has 1 aliphatic rings. The van der Waals surface area contributed by atoms with Crippen molar-refractivity contribution in [1.29, 1.82) is 0 Å². The minimum absolute atomic E-state index is 0.0548. The fraction of sp³-hybridized carbons (Fsp3) is 0.538. The molecule has 1 saturated heterocycles. The number of nitrogens with zero attached hydrogens (tertiary/aromatic N) is 1. The summed E-state index contributed by atoms with van der Waals surface area (Å²) in [5.74, 6) is -0.0548. The molecule has 0 saturated carbocycles. The first kappa shape index (κ1) is 12.0. The Labute approximate surface area is 101 Å². The predicted molar refractivity (Wildman–Crippen MR) is 64.8 cm³/mol. The van der Waals surface area contributed by atoms with Crippen molar-refractivity contribution in [2.45, 2.75) is 38.3 Å². The fourth-order valence-corrected chi connectivity index (χ4v) is 2.12. The lowest BCUT2D eigenvalue weighted by atomic mass is 9.94. The van der Waals surface area contributed by atoms with Crippen LogP contribution in [0.4, 0.5) is 0 Å². The smallest absolute Gasteiger partial charge is 0.253 e. The van der Waals surface area contributed by atoms with Gasteiger partial charge in [-0.2, -0.15) is 0 Å². The van der Waals surface area contributed by atoms with Gasteiger partial charge < -0.3 is 10.1 Å². The molecule has 1 aromatic rings. The summed E-state index contributed by atoms with van der Waals surface area (Å²) in [6, 6.07) is 3.72. The van der Waals surface area contributed by atoms with Crippen LogP contribution in [0.15, 0.2) is 24.5 Å². The van der Waals surface area contributed by atoms with E-state index in [2.05, 4.69) is 24.1 Å². The molecule has 0 aromatic carbocycles. The summed E-state index contributed by atoms with van der Waals surface area (Å²) in [5, 5.41) is 3.03. The molecule has 1 amide bonds. The van der Waals surface area contributed by atoms with E-state index in [4.69, 9.17) is 4.74 Å². The Morgan fingerprint density at radius 1 is 1.59 bits per heavy atom.